The normalized spacial score (nSPS) is 18.6. The number of aromatic nitrogens is 3. The van der Waals surface area contributed by atoms with Crippen molar-refractivity contribution in [3.63, 3.8) is 0 Å². The first-order valence-electron chi connectivity index (χ1n) is 5.28. The summed E-state index contributed by atoms with van der Waals surface area (Å²) in [6.45, 7) is 4.64. The number of imidazole rings is 1. The highest BCUT2D eigenvalue weighted by Crippen LogP contribution is 2.27. The molecule has 3 heterocycles. The van der Waals surface area contributed by atoms with Crippen molar-refractivity contribution in [2.45, 2.75) is 32.5 Å². The van der Waals surface area contributed by atoms with E-state index < -0.39 is 0 Å². The molecule has 0 unspecified atom stereocenters. The Kier molecular flexibility index (Phi) is 1.77. The summed E-state index contributed by atoms with van der Waals surface area (Å²) in [6, 6.07) is 1.94. The highest BCUT2D eigenvalue weighted by atomic mass is 16.5. The van der Waals surface area contributed by atoms with E-state index in [1.54, 1.807) is 0 Å². The summed E-state index contributed by atoms with van der Waals surface area (Å²) in [7, 11) is 0. The molecular weight excluding hydrogens is 206 g/mol. The van der Waals surface area contributed by atoms with Gasteiger partial charge < -0.3 is 9.72 Å². The van der Waals surface area contributed by atoms with Gasteiger partial charge in [-0.1, -0.05) is 0 Å². The van der Waals surface area contributed by atoms with E-state index in [1.165, 1.54) is 0 Å². The first-order valence-corrected chi connectivity index (χ1v) is 5.28. The predicted octanol–water partition coefficient (Wildman–Crippen LogP) is 1.10. The fourth-order valence-electron chi connectivity index (χ4n) is 2.05. The number of rotatable bonds is 0. The first-order chi connectivity index (χ1) is 7.53. The molecule has 0 aromatic carbocycles. The molecule has 5 nitrogen and oxygen atoms in total. The third-order valence-corrected chi connectivity index (χ3v) is 2.88. The molecule has 0 saturated heterocycles. The number of hydrogen-bond acceptors (Lipinski definition) is 3. The molecule has 16 heavy (non-hydrogen) atoms. The first kappa shape index (κ1) is 9.59. The number of nitrogens with zero attached hydrogens (tertiary/aromatic N) is 1. The lowest BCUT2D eigenvalue weighted by atomic mass is 9.96. The van der Waals surface area contributed by atoms with Crippen LogP contribution in [0.4, 0.5) is 0 Å². The molecule has 0 aliphatic carbocycles. The van der Waals surface area contributed by atoms with Crippen molar-refractivity contribution < 1.29 is 4.74 Å². The fourth-order valence-corrected chi connectivity index (χ4v) is 2.05. The summed E-state index contributed by atoms with van der Waals surface area (Å²) in [5.41, 5.74) is 3.05. The van der Waals surface area contributed by atoms with Crippen molar-refractivity contribution in [2.24, 2.45) is 0 Å². The van der Waals surface area contributed by atoms with Crippen LogP contribution in [-0.4, -0.2) is 20.6 Å². The van der Waals surface area contributed by atoms with E-state index in [0.717, 1.165) is 23.2 Å². The van der Waals surface area contributed by atoms with Crippen LogP contribution in [0.1, 0.15) is 25.1 Å². The van der Waals surface area contributed by atoms with Crippen molar-refractivity contribution >= 4 is 11.2 Å². The molecule has 2 aromatic heterocycles. The van der Waals surface area contributed by atoms with Crippen LogP contribution in [0.3, 0.4) is 0 Å². The van der Waals surface area contributed by atoms with E-state index in [-0.39, 0.29) is 11.3 Å². The zero-order chi connectivity index (χ0) is 11.3. The van der Waals surface area contributed by atoms with Gasteiger partial charge in [-0.05, 0) is 19.9 Å². The number of aromatic amines is 2. The Balaban J connectivity index is 2.20. The number of ether oxygens (including phenoxy) is 1. The minimum absolute atomic E-state index is 0.176. The van der Waals surface area contributed by atoms with Crippen LogP contribution in [-0.2, 0) is 17.8 Å². The Labute approximate surface area is 91.9 Å². The van der Waals surface area contributed by atoms with Gasteiger partial charge in [-0.3, -0.25) is 4.98 Å². The summed E-state index contributed by atoms with van der Waals surface area (Å²) in [4.78, 5) is 21.0. The Hall–Kier alpha value is -1.62. The molecular formula is C11H13N3O2. The molecule has 2 N–H and O–H groups in total. The minimum Gasteiger partial charge on any atom is -0.370 e. The topological polar surface area (TPSA) is 70.8 Å². The van der Waals surface area contributed by atoms with E-state index >= 15 is 0 Å². The number of fused-ring (bicyclic) bond motifs is 2. The van der Waals surface area contributed by atoms with E-state index in [2.05, 4.69) is 15.0 Å². The van der Waals surface area contributed by atoms with Crippen LogP contribution >= 0.6 is 0 Å². The minimum atomic E-state index is -0.218. The predicted molar refractivity (Wildman–Crippen MR) is 59.3 cm³/mol. The average Bonchev–Trinajstić information content (AvgIpc) is 2.52. The highest BCUT2D eigenvalue weighted by molar-refractivity contribution is 5.71. The molecule has 0 radical (unpaired) electrons. The molecule has 3 rings (SSSR count). The summed E-state index contributed by atoms with van der Waals surface area (Å²) >= 11 is 0. The maximum atomic E-state index is 11.1. The average molecular weight is 219 g/mol. The Bertz CT molecular complexity index is 609. The zero-order valence-corrected chi connectivity index (χ0v) is 9.26. The third-order valence-electron chi connectivity index (χ3n) is 2.88. The molecule has 0 amide bonds. The van der Waals surface area contributed by atoms with E-state index in [9.17, 15) is 4.79 Å². The van der Waals surface area contributed by atoms with Crippen molar-refractivity contribution in [1.29, 1.82) is 0 Å². The van der Waals surface area contributed by atoms with Gasteiger partial charge in [0.05, 0.1) is 23.4 Å². The molecule has 5 heteroatoms. The van der Waals surface area contributed by atoms with Crippen LogP contribution in [0.25, 0.3) is 11.2 Å². The third kappa shape index (κ3) is 1.44. The van der Waals surface area contributed by atoms with Gasteiger partial charge in [0.1, 0.15) is 0 Å². The van der Waals surface area contributed by atoms with Crippen molar-refractivity contribution in [3.8, 4) is 0 Å². The number of pyridine rings is 1. The lowest BCUT2D eigenvalue weighted by molar-refractivity contribution is -0.0411. The number of nitrogens with one attached hydrogen (secondary N) is 2. The highest BCUT2D eigenvalue weighted by Gasteiger charge is 2.27. The molecule has 0 spiro atoms. The summed E-state index contributed by atoms with van der Waals surface area (Å²) in [6.07, 6.45) is 0.769. The van der Waals surface area contributed by atoms with E-state index in [4.69, 9.17) is 4.74 Å². The van der Waals surface area contributed by atoms with E-state index in [1.807, 2.05) is 19.9 Å². The van der Waals surface area contributed by atoms with Gasteiger partial charge in [-0.2, -0.15) is 0 Å². The molecule has 0 bridgehead atoms. The van der Waals surface area contributed by atoms with Crippen LogP contribution in [0.15, 0.2) is 10.9 Å². The fraction of sp³-hybridized carbons (Fsp3) is 0.455. The largest absolute Gasteiger partial charge is 0.370 e. The molecule has 1 aliphatic heterocycles. The summed E-state index contributed by atoms with van der Waals surface area (Å²) in [5, 5.41) is 0. The van der Waals surface area contributed by atoms with Crippen molar-refractivity contribution in [3.05, 3.63) is 27.8 Å². The molecule has 1 aliphatic rings. The standard InChI is InChI=1S/C11H13N3O2/c1-11(2)4-8-6(5-16-11)3-7-9(12-8)14-10(15)13-7/h3H,4-5H2,1-2H3,(H2,12,13,14,15). The van der Waals surface area contributed by atoms with Crippen molar-refractivity contribution in [1.82, 2.24) is 15.0 Å². The van der Waals surface area contributed by atoms with Gasteiger partial charge in [-0.25, -0.2) is 9.78 Å². The second kappa shape index (κ2) is 2.95. The zero-order valence-electron chi connectivity index (χ0n) is 9.26. The second-order valence-corrected chi connectivity index (χ2v) is 4.79. The maximum absolute atomic E-state index is 11.1. The molecule has 84 valence electrons. The molecule has 0 atom stereocenters. The summed E-state index contributed by atoms with van der Waals surface area (Å²) < 4.78 is 5.71. The lowest BCUT2D eigenvalue weighted by Gasteiger charge is -2.30. The van der Waals surface area contributed by atoms with E-state index in [0.29, 0.717) is 12.3 Å². The SMILES string of the molecule is CC1(C)Cc2nc3[nH]c(=O)[nH]c3cc2CO1. The van der Waals surface area contributed by atoms with Gasteiger partial charge in [0.15, 0.2) is 5.65 Å². The van der Waals surface area contributed by atoms with Gasteiger partial charge in [0, 0.05) is 12.0 Å². The molecule has 0 saturated carbocycles. The van der Waals surface area contributed by atoms with Gasteiger partial charge in [0.25, 0.3) is 0 Å². The van der Waals surface area contributed by atoms with Gasteiger partial charge in [-0.15, -0.1) is 0 Å². The quantitative estimate of drug-likeness (QED) is 0.697. The number of H-pyrrole nitrogens is 2. The van der Waals surface area contributed by atoms with Gasteiger partial charge in [0.2, 0.25) is 0 Å². The lowest BCUT2D eigenvalue weighted by Crippen LogP contribution is -2.32. The number of hydrogen-bond donors (Lipinski definition) is 2. The van der Waals surface area contributed by atoms with Crippen LogP contribution in [0.2, 0.25) is 0 Å². The Morgan fingerprint density at radius 1 is 1.44 bits per heavy atom. The smallest absolute Gasteiger partial charge is 0.325 e. The molecule has 0 fully saturated rings. The Morgan fingerprint density at radius 2 is 2.25 bits per heavy atom. The second-order valence-electron chi connectivity index (χ2n) is 4.79. The van der Waals surface area contributed by atoms with Crippen molar-refractivity contribution in [2.75, 3.05) is 0 Å². The molecule has 2 aromatic rings. The maximum Gasteiger partial charge on any atom is 0.325 e. The van der Waals surface area contributed by atoms with Crippen LogP contribution in [0, 0.1) is 0 Å². The monoisotopic (exact) mass is 219 g/mol. The summed E-state index contributed by atoms with van der Waals surface area (Å²) in [5.74, 6) is 0. The van der Waals surface area contributed by atoms with Crippen LogP contribution < -0.4 is 5.69 Å². The van der Waals surface area contributed by atoms with Gasteiger partial charge >= 0.3 is 5.69 Å². The Morgan fingerprint density at radius 3 is 3.06 bits per heavy atom. The van der Waals surface area contributed by atoms with Crippen LogP contribution in [0.5, 0.6) is 0 Å².